The minimum Gasteiger partial charge on any atom is -0.462 e. The summed E-state index contributed by atoms with van der Waals surface area (Å²) in [5.41, 5.74) is 2.52. The first-order chi connectivity index (χ1) is 8.24. The fraction of sp³-hybridized carbons (Fsp3) is 0.214. The Balaban J connectivity index is 2.47. The Morgan fingerprint density at radius 3 is 2.59 bits per heavy atom. The first-order valence-electron chi connectivity index (χ1n) is 5.62. The predicted molar refractivity (Wildman–Crippen MR) is 66.8 cm³/mol. The van der Waals surface area contributed by atoms with E-state index in [-0.39, 0.29) is 5.97 Å². The van der Waals surface area contributed by atoms with Crippen molar-refractivity contribution in [1.82, 2.24) is 4.57 Å². The molecule has 0 N–H and O–H groups in total. The summed E-state index contributed by atoms with van der Waals surface area (Å²) in [5, 5.41) is 0. The van der Waals surface area contributed by atoms with E-state index in [1.54, 1.807) is 6.07 Å². The molecule has 0 amide bonds. The van der Waals surface area contributed by atoms with E-state index in [9.17, 15) is 4.79 Å². The Bertz CT molecular complexity index is 514. The van der Waals surface area contributed by atoms with Crippen molar-refractivity contribution >= 4 is 5.97 Å². The molecule has 88 valence electrons. The molecule has 0 atom stereocenters. The molecule has 0 aliphatic rings. The van der Waals surface area contributed by atoms with Crippen molar-refractivity contribution in [1.29, 1.82) is 0 Å². The maximum atomic E-state index is 11.8. The van der Waals surface area contributed by atoms with Crippen LogP contribution in [0.5, 0.6) is 0 Å². The van der Waals surface area contributed by atoms with E-state index in [1.807, 2.05) is 55.1 Å². The molecule has 0 aliphatic carbocycles. The summed E-state index contributed by atoms with van der Waals surface area (Å²) in [4.78, 5) is 11.8. The topological polar surface area (TPSA) is 31.2 Å². The van der Waals surface area contributed by atoms with Gasteiger partial charge < -0.3 is 9.30 Å². The Morgan fingerprint density at radius 2 is 1.94 bits per heavy atom. The number of carbonyl (C=O) groups is 1. The average molecular weight is 229 g/mol. The second-order valence-corrected chi connectivity index (χ2v) is 3.78. The molecule has 2 rings (SSSR count). The number of hydrogen-bond acceptors (Lipinski definition) is 2. The maximum Gasteiger partial charge on any atom is 0.340 e. The van der Waals surface area contributed by atoms with Crippen molar-refractivity contribution in [2.75, 3.05) is 6.61 Å². The molecule has 0 aliphatic heterocycles. The molecule has 3 nitrogen and oxygen atoms in total. The van der Waals surface area contributed by atoms with Gasteiger partial charge in [-0.2, -0.15) is 0 Å². The summed E-state index contributed by atoms with van der Waals surface area (Å²) in [6.07, 6.45) is 1.87. The van der Waals surface area contributed by atoms with Crippen LogP contribution in [0.3, 0.4) is 0 Å². The molecular formula is C14H15NO2. The first kappa shape index (κ1) is 11.5. The van der Waals surface area contributed by atoms with Crippen molar-refractivity contribution < 1.29 is 9.53 Å². The van der Waals surface area contributed by atoms with Gasteiger partial charge in [0.15, 0.2) is 0 Å². The van der Waals surface area contributed by atoms with Crippen LogP contribution in [-0.4, -0.2) is 17.1 Å². The van der Waals surface area contributed by atoms with Gasteiger partial charge in [0.05, 0.1) is 17.9 Å². The SMILES string of the molecule is CCOC(=O)c1ccn(C)c1-c1ccccc1. The van der Waals surface area contributed by atoms with Crippen molar-refractivity contribution in [3.63, 3.8) is 0 Å². The summed E-state index contributed by atoms with van der Waals surface area (Å²) < 4.78 is 6.98. The molecule has 2 aromatic rings. The van der Waals surface area contributed by atoms with Crippen LogP contribution in [0.2, 0.25) is 0 Å². The number of carbonyl (C=O) groups excluding carboxylic acids is 1. The molecule has 0 unspecified atom stereocenters. The molecule has 0 bridgehead atoms. The van der Waals surface area contributed by atoms with Crippen molar-refractivity contribution in [3.8, 4) is 11.3 Å². The molecule has 0 saturated carbocycles. The fourth-order valence-electron chi connectivity index (χ4n) is 1.86. The van der Waals surface area contributed by atoms with Gasteiger partial charge >= 0.3 is 5.97 Å². The maximum absolute atomic E-state index is 11.8. The number of rotatable bonds is 3. The second-order valence-electron chi connectivity index (χ2n) is 3.78. The number of aromatic nitrogens is 1. The molecular weight excluding hydrogens is 214 g/mol. The van der Waals surface area contributed by atoms with E-state index in [2.05, 4.69) is 0 Å². The Labute approximate surface area is 101 Å². The molecule has 17 heavy (non-hydrogen) atoms. The molecule has 0 saturated heterocycles. The number of aryl methyl sites for hydroxylation is 1. The molecule has 0 fully saturated rings. The zero-order chi connectivity index (χ0) is 12.3. The van der Waals surface area contributed by atoms with E-state index >= 15 is 0 Å². The van der Waals surface area contributed by atoms with Gasteiger partial charge in [-0.1, -0.05) is 30.3 Å². The zero-order valence-corrected chi connectivity index (χ0v) is 10.0. The Hall–Kier alpha value is -2.03. The quantitative estimate of drug-likeness (QED) is 0.758. The highest BCUT2D eigenvalue weighted by Crippen LogP contribution is 2.24. The van der Waals surface area contributed by atoms with Crippen LogP contribution in [0, 0.1) is 0 Å². The average Bonchev–Trinajstić information content (AvgIpc) is 2.73. The van der Waals surface area contributed by atoms with Gasteiger partial charge in [0.25, 0.3) is 0 Å². The lowest BCUT2D eigenvalue weighted by Gasteiger charge is -2.07. The molecule has 0 spiro atoms. The minimum absolute atomic E-state index is 0.271. The second kappa shape index (κ2) is 4.87. The Kier molecular flexibility index (Phi) is 3.28. The van der Waals surface area contributed by atoms with E-state index in [1.165, 1.54) is 0 Å². The number of benzene rings is 1. The normalized spacial score (nSPS) is 10.2. The van der Waals surface area contributed by atoms with E-state index in [0.717, 1.165) is 11.3 Å². The lowest BCUT2D eigenvalue weighted by atomic mass is 10.1. The summed E-state index contributed by atoms with van der Waals surface area (Å²) in [6.45, 7) is 2.20. The van der Waals surface area contributed by atoms with Crippen LogP contribution in [0.4, 0.5) is 0 Å². The number of nitrogens with zero attached hydrogens (tertiary/aromatic N) is 1. The van der Waals surface area contributed by atoms with Crippen molar-refractivity contribution in [2.24, 2.45) is 7.05 Å². The molecule has 0 radical (unpaired) electrons. The fourth-order valence-corrected chi connectivity index (χ4v) is 1.86. The number of ether oxygens (including phenoxy) is 1. The predicted octanol–water partition coefficient (Wildman–Crippen LogP) is 2.87. The van der Waals surface area contributed by atoms with Crippen LogP contribution >= 0.6 is 0 Å². The molecule has 1 heterocycles. The number of esters is 1. The highest BCUT2D eigenvalue weighted by molar-refractivity contribution is 5.96. The smallest absolute Gasteiger partial charge is 0.340 e. The molecule has 1 aromatic heterocycles. The molecule has 1 aromatic carbocycles. The lowest BCUT2D eigenvalue weighted by molar-refractivity contribution is 0.0527. The van der Waals surface area contributed by atoms with Gasteiger partial charge in [0, 0.05) is 13.2 Å². The van der Waals surface area contributed by atoms with Crippen molar-refractivity contribution in [3.05, 3.63) is 48.2 Å². The minimum atomic E-state index is -0.271. The van der Waals surface area contributed by atoms with Crippen LogP contribution in [0.1, 0.15) is 17.3 Å². The third-order valence-electron chi connectivity index (χ3n) is 2.62. The molecule has 3 heteroatoms. The summed E-state index contributed by atoms with van der Waals surface area (Å²) >= 11 is 0. The van der Waals surface area contributed by atoms with Crippen LogP contribution < -0.4 is 0 Å². The first-order valence-corrected chi connectivity index (χ1v) is 5.62. The third-order valence-corrected chi connectivity index (χ3v) is 2.62. The van der Waals surface area contributed by atoms with Gasteiger partial charge in [-0.15, -0.1) is 0 Å². The van der Waals surface area contributed by atoms with Gasteiger partial charge in [-0.25, -0.2) is 4.79 Å². The monoisotopic (exact) mass is 229 g/mol. The standard InChI is InChI=1S/C14H15NO2/c1-3-17-14(16)12-9-10-15(2)13(12)11-7-5-4-6-8-11/h4-10H,3H2,1-2H3. The lowest BCUT2D eigenvalue weighted by Crippen LogP contribution is -2.06. The summed E-state index contributed by atoms with van der Waals surface area (Å²) in [6, 6.07) is 11.6. The van der Waals surface area contributed by atoms with Crippen molar-refractivity contribution in [2.45, 2.75) is 6.92 Å². The van der Waals surface area contributed by atoms with Crippen LogP contribution in [0.15, 0.2) is 42.6 Å². The summed E-state index contributed by atoms with van der Waals surface area (Å²) in [7, 11) is 1.92. The van der Waals surface area contributed by atoms with E-state index in [4.69, 9.17) is 4.74 Å². The third kappa shape index (κ3) is 2.23. The Morgan fingerprint density at radius 1 is 1.24 bits per heavy atom. The van der Waals surface area contributed by atoms with E-state index < -0.39 is 0 Å². The highest BCUT2D eigenvalue weighted by atomic mass is 16.5. The largest absolute Gasteiger partial charge is 0.462 e. The van der Waals surface area contributed by atoms with Gasteiger partial charge in [0.1, 0.15) is 0 Å². The van der Waals surface area contributed by atoms with E-state index in [0.29, 0.717) is 12.2 Å². The highest BCUT2D eigenvalue weighted by Gasteiger charge is 2.16. The van der Waals surface area contributed by atoms with Crippen LogP contribution in [-0.2, 0) is 11.8 Å². The summed E-state index contributed by atoms with van der Waals surface area (Å²) in [5.74, 6) is -0.271. The zero-order valence-electron chi connectivity index (χ0n) is 10.0. The van der Waals surface area contributed by atoms with Crippen LogP contribution in [0.25, 0.3) is 11.3 Å². The van der Waals surface area contributed by atoms with Gasteiger partial charge in [0.2, 0.25) is 0 Å². The van der Waals surface area contributed by atoms with Gasteiger partial charge in [-0.3, -0.25) is 0 Å². The van der Waals surface area contributed by atoms with Gasteiger partial charge in [-0.05, 0) is 18.6 Å². The number of hydrogen-bond donors (Lipinski definition) is 0.